The van der Waals surface area contributed by atoms with E-state index in [0.29, 0.717) is 23.1 Å². The van der Waals surface area contributed by atoms with Crippen molar-refractivity contribution in [2.24, 2.45) is 17.8 Å². The number of rotatable bonds is 8. The highest BCUT2D eigenvalue weighted by molar-refractivity contribution is 6.36. The molecule has 5 rings (SSSR count). The number of benzene rings is 2. The van der Waals surface area contributed by atoms with Gasteiger partial charge in [-0.2, -0.15) is 0 Å². The molecule has 2 saturated carbocycles. The lowest BCUT2D eigenvalue weighted by atomic mass is 10.1. The van der Waals surface area contributed by atoms with Crippen molar-refractivity contribution in [3.8, 4) is 5.75 Å². The highest BCUT2D eigenvalue weighted by Gasteiger charge is 2.49. The van der Waals surface area contributed by atoms with Crippen LogP contribution in [0, 0.1) is 17.8 Å². The second kappa shape index (κ2) is 8.10. The first-order valence-corrected chi connectivity index (χ1v) is 11.1. The van der Waals surface area contributed by atoms with Crippen LogP contribution in [0.15, 0.2) is 48.7 Å². The molecular weight excluding hydrogens is 428 g/mol. The van der Waals surface area contributed by atoms with Gasteiger partial charge in [0, 0.05) is 40.0 Å². The number of hydrogen-bond donors (Lipinski definition) is 1. The second-order valence-electron chi connectivity index (χ2n) is 8.56. The molecule has 1 aromatic heterocycles. The topological polar surface area (TPSA) is 79.7 Å². The van der Waals surface area contributed by atoms with Crippen LogP contribution < -0.4 is 9.64 Å². The van der Waals surface area contributed by atoms with Crippen LogP contribution in [-0.4, -0.2) is 35.5 Å². The van der Waals surface area contributed by atoms with Gasteiger partial charge in [0.2, 0.25) is 0 Å². The fourth-order valence-corrected chi connectivity index (χ4v) is 4.47. The molecule has 0 spiro atoms. The minimum atomic E-state index is -0.941. The smallest absolute Gasteiger partial charge is 0.307 e. The number of anilines is 2. The van der Waals surface area contributed by atoms with Crippen molar-refractivity contribution in [1.29, 1.82) is 0 Å². The van der Waals surface area contributed by atoms with E-state index < -0.39 is 17.8 Å². The first-order valence-electron chi connectivity index (χ1n) is 10.7. The Morgan fingerprint density at radius 1 is 1.16 bits per heavy atom. The Balaban J connectivity index is 1.54. The highest BCUT2D eigenvalue weighted by atomic mass is 35.5. The quantitative estimate of drug-likeness (QED) is 0.466. The van der Waals surface area contributed by atoms with Crippen molar-refractivity contribution in [3.05, 3.63) is 59.4 Å². The number of fused-ring (bicyclic) bond motifs is 1. The number of carbonyl (C=O) groups excluding carboxylic acids is 1. The summed E-state index contributed by atoms with van der Waals surface area (Å²) >= 11 is 6.44. The van der Waals surface area contributed by atoms with E-state index in [9.17, 15) is 9.59 Å². The molecule has 6 nitrogen and oxygen atoms in total. The van der Waals surface area contributed by atoms with Crippen LogP contribution >= 0.6 is 11.6 Å². The molecule has 0 bridgehead atoms. The highest BCUT2D eigenvalue weighted by Crippen LogP contribution is 2.44. The SMILES string of the molecule is COc1cc(N(CC2CC2)c2ccc(Cl)c3ccccc23)cnc1C(=O)[C@H]1C[C@@H]1C(=O)O. The predicted octanol–water partition coefficient (Wildman–Crippen LogP) is 5.35. The summed E-state index contributed by atoms with van der Waals surface area (Å²) in [5.74, 6) is -1.40. The Morgan fingerprint density at radius 2 is 1.91 bits per heavy atom. The van der Waals surface area contributed by atoms with Gasteiger partial charge in [-0.05, 0) is 37.3 Å². The average Bonchev–Trinajstić information content (AvgIpc) is 3.72. The van der Waals surface area contributed by atoms with Gasteiger partial charge in [0.1, 0.15) is 11.4 Å². The lowest BCUT2D eigenvalue weighted by molar-refractivity contribution is -0.138. The lowest BCUT2D eigenvalue weighted by Crippen LogP contribution is -2.21. The lowest BCUT2D eigenvalue weighted by Gasteiger charge is -2.27. The number of aliphatic carboxylic acids is 1. The summed E-state index contributed by atoms with van der Waals surface area (Å²) in [7, 11) is 1.50. The van der Waals surface area contributed by atoms with Gasteiger partial charge in [-0.15, -0.1) is 0 Å². The molecule has 2 aliphatic carbocycles. The molecule has 2 aliphatic rings. The van der Waals surface area contributed by atoms with Crippen molar-refractivity contribution in [2.45, 2.75) is 19.3 Å². The van der Waals surface area contributed by atoms with Crippen molar-refractivity contribution in [1.82, 2.24) is 4.98 Å². The number of carboxylic acid groups (broad SMARTS) is 1. The summed E-state index contributed by atoms with van der Waals surface area (Å²) in [5.41, 5.74) is 2.04. The molecule has 0 unspecified atom stereocenters. The summed E-state index contributed by atoms with van der Waals surface area (Å²) < 4.78 is 5.52. The van der Waals surface area contributed by atoms with Crippen molar-refractivity contribution < 1.29 is 19.4 Å². The van der Waals surface area contributed by atoms with Crippen LogP contribution in [0.25, 0.3) is 10.8 Å². The maximum Gasteiger partial charge on any atom is 0.307 e. The summed E-state index contributed by atoms with van der Waals surface area (Å²) in [6.07, 6.45) is 4.40. The van der Waals surface area contributed by atoms with E-state index >= 15 is 0 Å². The second-order valence-corrected chi connectivity index (χ2v) is 8.97. The molecule has 164 valence electrons. The first-order chi connectivity index (χ1) is 15.5. The summed E-state index contributed by atoms with van der Waals surface area (Å²) in [6.45, 7) is 0.827. The molecule has 7 heteroatoms. The van der Waals surface area contributed by atoms with Gasteiger partial charge in [0.25, 0.3) is 0 Å². The maximum absolute atomic E-state index is 12.8. The van der Waals surface area contributed by atoms with E-state index in [1.807, 2.05) is 36.4 Å². The van der Waals surface area contributed by atoms with Gasteiger partial charge in [-0.25, -0.2) is 4.98 Å². The Labute approximate surface area is 190 Å². The van der Waals surface area contributed by atoms with E-state index in [1.54, 1.807) is 6.20 Å². The normalized spacial score (nSPS) is 19.6. The number of carboxylic acids is 1. The molecule has 0 saturated heterocycles. The molecule has 0 amide bonds. The molecule has 1 N–H and O–H groups in total. The van der Waals surface area contributed by atoms with E-state index in [1.165, 1.54) is 20.0 Å². The van der Waals surface area contributed by atoms with E-state index in [2.05, 4.69) is 16.0 Å². The molecule has 2 fully saturated rings. The molecule has 32 heavy (non-hydrogen) atoms. The zero-order valence-electron chi connectivity index (χ0n) is 17.6. The standard InChI is InChI=1S/C25H23ClN2O4/c1-32-22-10-15(12-27-23(22)24(29)18-11-19(18)25(30)31)28(13-14-6-7-14)21-9-8-20(26)16-4-2-3-5-17(16)21/h2-5,8-10,12,14,18-19H,6-7,11,13H2,1H3,(H,30,31)/t18-,19-/m0/s1. The van der Waals surface area contributed by atoms with Crippen molar-refractivity contribution >= 4 is 45.5 Å². The minimum Gasteiger partial charge on any atom is -0.494 e. The Kier molecular flexibility index (Phi) is 5.25. The Morgan fingerprint density at radius 3 is 2.56 bits per heavy atom. The minimum absolute atomic E-state index is 0.192. The Hall–Kier alpha value is -3.12. The van der Waals surface area contributed by atoms with Gasteiger partial charge in [0.05, 0.1) is 24.9 Å². The molecule has 3 aromatic rings. The van der Waals surface area contributed by atoms with Gasteiger partial charge in [0.15, 0.2) is 5.78 Å². The summed E-state index contributed by atoms with van der Waals surface area (Å²) in [5, 5.41) is 11.9. The van der Waals surface area contributed by atoms with E-state index in [0.717, 1.165) is 28.7 Å². The molecular formula is C25H23ClN2O4. The molecule has 2 aromatic carbocycles. The molecule has 0 radical (unpaired) electrons. The van der Waals surface area contributed by atoms with Gasteiger partial charge >= 0.3 is 5.97 Å². The fourth-order valence-electron chi connectivity index (χ4n) is 4.24. The molecule has 1 heterocycles. The Bertz CT molecular complexity index is 1220. The number of methoxy groups -OCH3 is 1. The van der Waals surface area contributed by atoms with Crippen LogP contribution in [0.3, 0.4) is 0 Å². The number of Topliss-reactive ketones (excluding diaryl/α,β-unsaturated/α-hetero) is 1. The average molecular weight is 451 g/mol. The van der Waals surface area contributed by atoms with Crippen LogP contribution in [0.5, 0.6) is 5.75 Å². The first kappa shape index (κ1) is 20.8. The van der Waals surface area contributed by atoms with Crippen LogP contribution in [0.1, 0.15) is 29.8 Å². The van der Waals surface area contributed by atoms with Crippen molar-refractivity contribution in [2.75, 3.05) is 18.6 Å². The van der Waals surface area contributed by atoms with Crippen LogP contribution in [0.4, 0.5) is 11.4 Å². The predicted molar refractivity (Wildman–Crippen MR) is 123 cm³/mol. The number of ketones is 1. The number of nitrogens with zero attached hydrogens (tertiary/aromatic N) is 2. The molecule has 2 atom stereocenters. The monoisotopic (exact) mass is 450 g/mol. The summed E-state index contributed by atoms with van der Waals surface area (Å²) in [6, 6.07) is 13.8. The largest absolute Gasteiger partial charge is 0.494 e. The molecule has 0 aliphatic heterocycles. The van der Waals surface area contributed by atoms with Gasteiger partial charge < -0.3 is 14.7 Å². The zero-order chi connectivity index (χ0) is 22.4. The third kappa shape index (κ3) is 3.79. The number of hydrogen-bond acceptors (Lipinski definition) is 5. The van der Waals surface area contributed by atoms with Crippen LogP contribution in [-0.2, 0) is 4.79 Å². The number of aromatic nitrogens is 1. The van der Waals surface area contributed by atoms with Crippen LogP contribution in [0.2, 0.25) is 5.02 Å². The number of pyridine rings is 1. The number of halogens is 1. The summed E-state index contributed by atoms with van der Waals surface area (Å²) in [4.78, 5) is 30.6. The maximum atomic E-state index is 12.8. The van der Waals surface area contributed by atoms with Gasteiger partial charge in [-0.3, -0.25) is 9.59 Å². The zero-order valence-corrected chi connectivity index (χ0v) is 18.4. The number of carbonyl (C=O) groups is 2. The number of ether oxygens (including phenoxy) is 1. The van der Waals surface area contributed by atoms with Gasteiger partial charge in [-0.1, -0.05) is 35.9 Å². The van der Waals surface area contributed by atoms with E-state index in [-0.39, 0.29) is 11.5 Å². The third-order valence-electron chi connectivity index (χ3n) is 6.32. The van der Waals surface area contributed by atoms with Crippen molar-refractivity contribution in [3.63, 3.8) is 0 Å². The fraction of sp³-hybridized carbons (Fsp3) is 0.320. The van der Waals surface area contributed by atoms with E-state index in [4.69, 9.17) is 21.4 Å². The third-order valence-corrected chi connectivity index (χ3v) is 6.65.